The van der Waals surface area contributed by atoms with Crippen molar-refractivity contribution in [1.82, 2.24) is 15.6 Å². The quantitative estimate of drug-likeness (QED) is 0.876. The second-order valence-corrected chi connectivity index (χ2v) is 5.25. The van der Waals surface area contributed by atoms with Gasteiger partial charge >= 0.3 is 0 Å². The number of anilines is 1. The Morgan fingerprint density at radius 1 is 1.09 bits per heavy atom. The lowest BCUT2D eigenvalue weighted by molar-refractivity contribution is 0.0946. The Bertz CT molecular complexity index is 696. The molecular weight excluding hydrogens is 292 g/mol. The summed E-state index contributed by atoms with van der Waals surface area (Å²) in [5.41, 5.74) is 2.85. The Morgan fingerprint density at radius 2 is 1.78 bits per heavy atom. The van der Waals surface area contributed by atoms with Gasteiger partial charge in [-0.3, -0.25) is 14.6 Å². The van der Waals surface area contributed by atoms with E-state index in [0.717, 1.165) is 11.3 Å². The molecule has 0 bridgehead atoms. The third-order valence-electron chi connectivity index (χ3n) is 3.42. The van der Waals surface area contributed by atoms with Crippen molar-refractivity contribution in [3.63, 3.8) is 0 Å². The van der Waals surface area contributed by atoms with E-state index in [-0.39, 0.29) is 11.8 Å². The van der Waals surface area contributed by atoms with Crippen LogP contribution in [0.2, 0.25) is 0 Å². The van der Waals surface area contributed by atoms with Gasteiger partial charge in [0.05, 0.1) is 11.3 Å². The summed E-state index contributed by atoms with van der Waals surface area (Å²) in [5, 5.41) is 5.44. The molecule has 0 saturated carbocycles. The van der Waals surface area contributed by atoms with Crippen molar-refractivity contribution >= 4 is 17.5 Å². The predicted molar refractivity (Wildman–Crippen MR) is 89.6 cm³/mol. The number of carbonyl (C=O) groups is 2. The standard InChI is InChI=1S/C17H20N4O2/c1-18-16(22)13-6-4-12(5-7-13)10-20-17(23)14-11-19-9-8-15(14)21(2)3/h4-9,11H,10H2,1-3H3,(H,18,22)(H,20,23). The van der Waals surface area contributed by atoms with E-state index in [1.807, 2.05) is 31.1 Å². The first-order valence-electron chi connectivity index (χ1n) is 7.23. The maximum absolute atomic E-state index is 12.3. The van der Waals surface area contributed by atoms with E-state index in [4.69, 9.17) is 0 Å². The highest BCUT2D eigenvalue weighted by Gasteiger charge is 2.12. The summed E-state index contributed by atoms with van der Waals surface area (Å²) in [6.07, 6.45) is 3.21. The minimum atomic E-state index is -0.183. The van der Waals surface area contributed by atoms with Crippen LogP contribution < -0.4 is 15.5 Å². The number of rotatable bonds is 5. The van der Waals surface area contributed by atoms with Gasteiger partial charge in [-0.1, -0.05) is 12.1 Å². The molecule has 2 N–H and O–H groups in total. The van der Waals surface area contributed by atoms with Crippen LogP contribution in [0.25, 0.3) is 0 Å². The van der Waals surface area contributed by atoms with Gasteiger partial charge in [-0.25, -0.2) is 0 Å². The van der Waals surface area contributed by atoms with Gasteiger partial charge in [-0.15, -0.1) is 0 Å². The number of hydrogen-bond acceptors (Lipinski definition) is 4. The highest BCUT2D eigenvalue weighted by atomic mass is 16.2. The van der Waals surface area contributed by atoms with Crippen molar-refractivity contribution < 1.29 is 9.59 Å². The van der Waals surface area contributed by atoms with E-state index in [1.54, 1.807) is 37.6 Å². The lowest BCUT2D eigenvalue weighted by Gasteiger charge is -2.16. The fourth-order valence-corrected chi connectivity index (χ4v) is 2.15. The second-order valence-electron chi connectivity index (χ2n) is 5.25. The van der Waals surface area contributed by atoms with Crippen LogP contribution in [-0.2, 0) is 6.54 Å². The number of nitrogens with one attached hydrogen (secondary N) is 2. The molecule has 2 aromatic rings. The van der Waals surface area contributed by atoms with Crippen LogP contribution in [0.1, 0.15) is 26.3 Å². The van der Waals surface area contributed by atoms with Crippen LogP contribution in [0.3, 0.4) is 0 Å². The summed E-state index contributed by atoms with van der Waals surface area (Å²) in [6.45, 7) is 0.384. The van der Waals surface area contributed by atoms with Crippen molar-refractivity contribution in [2.75, 3.05) is 26.0 Å². The minimum Gasteiger partial charge on any atom is -0.377 e. The number of benzene rings is 1. The monoisotopic (exact) mass is 312 g/mol. The molecule has 2 amide bonds. The fraction of sp³-hybridized carbons (Fsp3) is 0.235. The van der Waals surface area contributed by atoms with Gasteiger partial charge in [0.2, 0.25) is 0 Å². The van der Waals surface area contributed by atoms with Gasteiger partial charge in [0, 0.05) is 45.6 Å². The maximum Gasteiger partial charge on any atom is 0.255 e. The highest BCUT2D eigenvalue weighted by molar-refractivity contribution is 5.99. The van der Waals surface area contributed by atoms with Gasteiger partial charge in [0.15, 0.2) is 0 Å². The van der Waals surface area contributed by atoms with Crippen molar-refractivity contribution in [3.05, 3.63) is 59.4 Å². The van der Waals surface area contributed by atoms with Gasteiger partial charge in [0.25, 0.3) is 11.8 Å². The van der Waals surface area contributed by atoms with E-state index in [9.17, 15) is 9.59 Å². The average Bonchev–Trinajstić information content (AvgIpc) is 2.59. The molecule has 6 nitrogen and oxygen atoms in total. The van der Waals surface area contributed by atoms with E-state index in [0.29, 0.717) is 17.7 Å². The molecule has 1 aromatic carbocycles. The Morgan fingerprint density at radius 3 is 2.39 bits per heavy atom. The lowest BCUT2D eigenvalue weighted by atomic mass is 10.1. The molecule has 0 aliphatic carbocycles. The van der Waals surface area contributed by atoms with Crippen molar-refractivity contribution in [1.29, 1.82) is 0 Å². The molecular formula is C17H20N4O2. The van der Waals surface area contributed by atoms with Gasteiger partial charge in [-0.2, -0.15) is 0 Å². The summed E-state index contributed by atoms with van der Waals surface area (Å²) < 4.78 is 0. The number of hydrogen-bond donors (Lipinski definition) is 2. The normalized spacial score (nSPS) is 10.0. The first kappa shape index (κ1) is 16.5. The SMILES string of the molecule is CNC(=O)c1ccc(CNC(=O)c2cnccc2N(C)C)cc1. The zero-order valence-corrected chi connectivity index (χ0v) is 13.5. The molecule has 0 fully saturated rings. The molecule has 0 saturated heterocycles. The smallest absolute Gasteiger partial charge is 0.255 e. The Labute approximate surface area is 135 Å². The first-order chi connectivity index (χ1) is 11.0. The lowest BCUT2D eigenvalue weighted by Crippen LogP contribution is -2.25. The van der Waals surface area contributed by atoms with Crippen LogP contribution >= 0.6 is 0 Å². The third kappa shape index (κ3) is 4.06. The summed E-state index contributed by atoms with van der Waals surface area (Å²) >= 11 is 0. The zero-order valence-electron chi connectivity index (χ0n) is 13.5. The summed E-state index contributed by atoms with van der Waals surface area (Å²) in [5.74, 6) is -0.316. The molecule has 0 aliphatic heterocycles. The molecule has 0 spiro atoms. The first-order valence-corrected chi connectivity index (χ1v) is 7.23. The topological polar surface area (TPSA) is 74.3 Å². The number of pyridine rings is 1. The fourth-order valence-electron chi connectivity index (χ4n) is 2.15. The van der Waals surface area contributed by atoms with Gasteiger partial charge < -0.3 is 15.5 Å². The van der Waals surface area contributed by atoms with Crippen molar-refractivity contribution in [2.24, 2.45) is 0 Å². The molecule has 0 radical (unpaired) electrons. The Kier molecular flexibility index (Phi) is 5.30. The molecule has 23 heavy (non-hydrogen) atoms. The summed E-state index contributed by atoms with van der Waals surface area (Å²) in [4.78, 5) is 29.7. The predicted octanol–water partition coefficient (Wildman–Crippen LogP) is 1.44. The molecule has 0 atom stereocenters. The maximum atomic E-state index is 12.3. The molecule has 1 aromatic heterocycles. The van der Waals surface area contributed by atoms with Gasteiger partial charge in [0.1, 0.15) is 0 Å². The summed E-state index contributed by atoms with van der Waals surface area (Å²) in [6, 6.07) is 8.90. The highest BCUT2D eigenvalue weighted by Crippen LogP contribution is 2.16. The van der Waals surface area contributed by atoms with Crippen LogP contribution in [0.5, 0.6) is 0 Å². The van der Waals surface area contributed by atoms with Crippen LogP contribution in [0.4, 0.5) is 5.69 Å². The third-order valence-corrected chi connectivity index (χ3v) is 3.42. The zero-order chi connectivity index (χ0) is 16.8. The van der Waals surface area contributed by atoms with Crippen molar-refractivity contribution in [2.45, 2.75) is 6.54 Å². The van der Waals surface area contributed by atoms with Crippen LogP contribution in [0, 0.1) is 0 Å². The molecule has 120 valence electrons. The van der Waals surface area contributed by atoms with E-state index < -0.39 is 0 Å². The number of nitrogens with zero attached hydrogens (tertiary/aromatic N) is 2. The molecule has 2 rings (SSSR count). The number of amides is 2. The van der Waals surface area contributed by atoms with Crippen molar-refractivity contribution in [3.8, 4) is 0 Å². The molecule has 0 aliphatic rings. The van der Waals surface area contributed by atoms with E-state index in [2.05, 4.69) is 15.6 Å². The van der Waals surface area contributed by atoms with E-state index in [1.165, 1.54) is 0 Å². The molecule has 1 heterocycles. The van der Waals surface area contributed by atoms with E-state index >= 15 is 0 Å². The number of aromatic nitrogens is 1. The number of carbonyl (C=O) groups excluding carboxylic acids is 2. The largest absolute Gasteiger partial charge is 0.377 e. The van der Waals surface area contributed by atoms with Gasteiger partial charge in [-0.05, 0) is 23.8 Å². The van der Waals surface area contributed by atoms with Crippen LogP contribution in [0.15, 0.2) is 42.7 Å². The minimum absolute atomic E-state index is 0.133. The Balaban J connectivity index is 2.04. The Hall–Kier alpha value is -2.89. The van der Waals surface area contributed by atoms with Crippen LogP contribution in [-0.4, -0.2) is 37.9 Å². The second kappa shape index (κ2) is 7.40. The molecule has 0 unspecified atom stereocenters. The molecule has 6 heteroatoms. The summed E-state index contributed by atoms with van der Waals surface area (Å²) in [7, 11) is 5.35. The average molecular weight is 312 g/mol.